The third kappa shape index (κ3) is 3.60. The fraction of sp³-hybridized carbons (Fsp3) is 0.130. The number of aromatic amines is 2. The number of carbonyl (C=O) groups is 1. The van der Waals surface area contributed by atoms with E-state index in [1.54, 1.807) is 36.8 Å². The Morgan fingerprint density at radius 1 is 1.12 bits per heavy atom. The number of nitrogens with two attached hydrogens (primary N) is 1. The van der Waals surface area contributed by atoms with Gasteiger partial charge in [0.05, 0.1) is 28.7 Å². The second kappa shape index (κ2) is 8.03. The zero-order valence-corrected chi connectivity index (χ0v) is 17.1. The normalized spacial score (nSPS) is 11.2. The largest absolute Gasteiger partial charge is 0.396 e. The van der Waals surface area contributed by atoms with Crippen molar-refractivity contribution < 1.29 is 4.79 Å². The quantitative estimate of drug-likeness (QED) is 0.309. The number of fused-ring (bicyclic) bond motifs is 2. The van der Waals surface area contributed by atoms with E-state index in [1.807, 2.05) is 29.0 Å². The molecule has 3 heterocycles. The van der Waals surface area contributed by atoms with Gasteiger partial charge in [0.1, 0.15) is 0 Å². The van der Waals surface area contributed by atoms with Gasteiger partial charge in [-0.2, -0.15) is 0 Å². The lowest BCUT2D eigenvalue weighted by atomic mass is 10.1. The summed E-state index contributed by atoms with van der Waals surface area (Å²) in [6.07, 6.45) is 6.15. The van der Waals surface area contributed by atoms with Crippen LogP contribution < -0.4 is 16.6 Å². The third-order valence-corrected chi connectivity index (χ3v) is 5.38. The fourth-order valence-corrected chi connectivity index (χ4v) is 3.72. The number of aryl methyl sites for hydroxylation is 1. The van der Waals surface area contributed by atoms with Crippen LogP contribution in [0.15, 0.2) is 66.0 Å². The fourth-order valence-electron chi connectivity index (χ4n) is 3.72. The number of H-pyrrole nitrogens is 2. The monoisotopic (exact) mass is 427 g/mol. The number of rotatable bonds is 6. The van der Waals surface area contributed by atoms with Gasteiger partial charge >= 0.3 is 0 Å². The molecule has 160 valence electrons. The molecule has 9 nitrogen and oxygen atoms in total. The molecule has 0 unspecified atom stereocenters. The topological polar surface area (TPSA) is 134 Å². The van der Waals surface area contributed by atoms with Crippen molar-refractivity contribution in [3.05, 3.63) is 77.1 Å². The number of nitrogens with zero attached hydrogens (tertiary/aromatic N) is 3. The van der Waals surface area contributed by atoms with E-state index in [9.17, 15) is 9.59 Å². The summed E-state index contributed by atoms with van der Waals surface area (Å²) in [5.41, 5.74) is 9.59. The van der Waals surface area contributed by atoms with Crippen molar-refractivity contribution in [1.29, 1.82) is 0 Å². The molecule has 5 rings (SSSR count). The van der Waals surface area contributed by atoms with Gasteiger partial charge in [-0.25, -0.2) is 9.97 Å². The van der Waals surface area contributed by atoms with Crippen LogP contribution in [0.5, 0.6) is 0 Å². The summed E-state index contributed by atoms with van der Waals surface area (Å²) in [6, 6.07) is 12.5. The Morgan fingerprint density at radius 2 is 2.00 bits per heavy atom. The third-order valence-electron chi connectivity index (χ3n) is 5.38. The van der Waals surface area contributed by atoms with Crippen molar-refractivity contribution in [1.82, 2.24) is 29.8 Å². The van der Waals surface area contributed by atoms with Crippen LogP contribution in [-0.4, -0.2) is 37.0 Å². The first-order valence-electron chi connectivity index (χ1n) is 10.2. The van der Waals surface area contributed by atoms with Crippen LogP contribution in [0.2, 0.25) is 0 Å². The highest BCUT2D eigenvalue weighted by atomic mass is 16.1. The summed E-state index contributed by atoms with van der Waals surface area (Å²) in [5, 5.41) is 3.59. The molecule has 32 heavy (non-hydrogen) atoms. The van der Waals surface area contributed by atoms with Gasteiger partial charge in [-0.15, -0.1) is 0 Å². The molecule has 0 saturated heterocycles. The number of nitrogens with one attached hydrogen (secondary N) is 3. The minimum absolute atomic E-state index is 0.179. The molecule has 0 fully saturated rings. The Bertz CT molecular complexity index is 1480. The van der Waals surface area contributed by atoms with Crippen molar-refractivity contribution in [2.45, 2.75) is 13.0 Å². The van der Waals surface area contributed by atoms with Gasteiger partial charge in [-0.3, -0.25) is 9.59 Å². The number of hydrogen-bond donors (Lipinski definition) is 4. The van der Waals surface area contributed by atoms with Gasteiger partial charge < -0.3 is 25.6 Å². The van der Waals surface area contributed by atoms with Crippen molar-refractivity contribution >= 4 is 33.5 Å². The van der Waals surface area contributed by atoms with Gasteiger partial charge in [0.15, 0.2) is 5.69 Å². The molecule has 0 atom stereocenters. The number of carbonyl (C=O) groups excluding carboxylic acids is 1. The Hall–Kier alpha value is -4.40. The van der Waals surface area contributed by atoms with Crippen molar-refractivity contribution in [2.24, 2.45) is 0 Å². The molecule has 1 amide bonds. The highest BCUT2D eigenvalue weighted by Crippen LogP contribution is 2.31. The van der Waals surface area contributed by atoms with Gasteiger partial charge in [0.2, 0.25) is 0 Å². The first-order valence-corrected chi connectivity index (χ1v) is 10.2. The molecule has 0 spiro atoms. The molecule has 0 aliphatic heterocycles. The molecule has 5 N–H and O–H groups in total. The minimum Gasteiger partial charge on any atom is -0.396 e. The van der Waals surface area contributed by atoms with E-state index in [4.69, 9.17) is 5.73 Å². The van der Waals surface area contributed by atoms with Crippen molar-refractivity contribution in [3.63, 3.8) is 0 Å². The summed E-state index contributed by atoms with van der Waals surface area (Å²) < 4.78 is 1.96. The SMILES string of the molecule is Nc1c(-c2nc3ccccc3[nH]c2=O)[nH]c2ccc(C(=O)NCCCn3ccnc3)cc12. The molecule has 0 bridgehead atoms. The van der Waals surface area contributed by atoms with E-state index in [2.05, 4.69) is 25.3 Å². The molecule has 2 aromatic carbocycles. The molecule has 0 saturated carbocycles. The van der Waals surface area contributed by atoms with Crippen LogP contribution in [0.4, 0.5) is 5.69 Å². The summed E-state index contributed by atoms with van der Waals surface area (Å²) in [7, 11) is 0. The Kier molecular flexibility index (Phi) is 4.91. The first kappa shape index (κ1) is 19.6. The predicted octanol–water partition coefficient (Wildman–Crippen LogP) is 2.67. The average molecular weight is 427 g/mol. The average Bonchev–Trinajstić information content (AvgIpc) is 3.44. The second-order valence-electron chi connectivity index (χ2n) is 7.52. The zero-order chi connectivity index (χ0) is 22.1. The van der Waals surface area contributed by atoms with Crippen LogP contribution in [-0.2, 0) is 6.54 Å². The van der Waals surface area contributed by atoms with Crippen LogP contribution in [0.1, 0.15) is 16.8 Å². The number of hydrogen-bond acceptors (Lipinski definition) is 5. The van der Waals surface area contributed by atoms with Crippen molar-refractivity contribution in [2.75, 3.05) is 12.3 Å². The lowest BCUT2D eigenvalue weighted by Crippen LogP contribution is -2.25. The van der Waals surface area contributed by atoms with Crippen molar-refractivity contribution in [3.8, 4) is 11.4 Å². The van der Waals surface area contributed by atoms with Crippen LogP contribution >= 0.6 is 0 Å². The highest BCUT2D eigenvalue weighted by molar-refractivity contribution is 6.04. The Morgan fingerprint density at radius 3 is 2.84 bits per heavy atom. The highest BCUT2D eigenvalue weighted by Gasteiger charge is 2.17. The predicted molar refractivity (Wildman–Crippen MR) is 123 cm³/mol. The lowest BCUT2D eigenvalue weighted by Gasteiger charge is -2.06. The van der Waals surface area contributed by atoms with E-state index in [0.29, 0.717) is 39.9 Å². The molecular weight excluding hydrogens is 406 g/mol. The molecule has 3 aromatic heterocycles. The Balaban J connectivity index is 1.39. The maximum atomic E-state index is 12.6. The van der Waals surface area contributed by atoms with Gasteiger partial charge in [-0.05, 0) is 36.8 Å². The molecule has 0 aliphatic carbocycles. The van der Waals surface area contributed by atoms with E-state index in [0.717, 1.165) is 18.5 Å². The van der Waals surface area contributed by atoms with E-state index < -0.39 is 0 Å². The maximum Gasteiger partial charge on any atom is 0.276 e. The molecule has 9 heteroatoms. The molecule has 0 radical (unpaired) electrons. The number of benzene rings is 2. The summed E-state index contributed by atoms with van der Waals surface area (Å²) in [5.74, 6) is -0.179. The first-order chi connectivity index (χ1) is 15.6. The molecular formula is C23H21N7O2. The number of nitrogen functional groups attached to an aromatic ring is 1. The lowest BCUT2D eigenvalue weighted by molar-refractivity contribution is 0.0953. The smallest absolute Gasteiger partial charge is 0.276 e. The van der Waals surface area contributed by atoms with Crippen LogP contribution in [0, 0.1) is 0 Å². The van der Waals surface area contributed by atoms with Crippen LogP contribution in [0.25, 0.3) is 33.3 Å². The molecule has 5 aromatic rings. The zero-order valence-electron chi connectivity index (χ0n) is 17.1. The Labute approximate surface area is 182 Å². The summed E-state index contributed by atoms with van der Waals surface area (Å²) >= 11 is 0. The summed E-state index contributed by atoms with van der Waals surface area (Å²) in [6.45, 7) is 1.32. The minimum atomic E-state index is -0.335. The van der Waals surface area contributed by atoms with Crippen LogP contribution in [0.3, 0.4) is 0 Å². The maximum absolute atomic E-state index is 12.6. The standard InChI is InChI=1S/C23H21N7O2/c24-19-15-12-14(22(31)26-8-3-10-30-11-9-25-13-30)6-7-16(15)27-20(19)21-23(32)29-18-5-2-1-4-17(18)28-21/h1-2,4-7,9,11-13,27H,3,8,10,24H2,(H,26,31)(H,29,32). The van der Waals surface area contributed by atoms with E-state index >= 15 is 0 Å². The van der Waals surface area contributed by atoms with Gasteiger partial charge in [0.25, 0.3) is 11.5 Å². The number of anilines is 1. The van der Waals surface area contributed by atoms with Gasteiger partial charge in [-0.1, -0.05) is 12.1 Å². The molecule has 0 aliphatic rings. The number of imidazole rings is 1. The van der Waals surface area contributed by atoms with E-state index in [-0.39, 0.29) is 17.2 Å². The second-order valence-corrected chi connectivity index (χ2v) is 7.52. The number of amides is 1. The number of para-hydroxylation sites is 2. The van der Waals surface area contributed by atoms with E-state index in [1.165, 1.54) is 0 Å². The number of aromatic nitrogens is 5. The summed E-state index contributed by atoms with van der Waals surface area (Å²) in [4.78, 5) is 39.7. The van der Waals surface area contributed by atoms with Gasteiger partial charge in [0, 0.05) is 41.9 Å².